The largest absolute Gasteiger partial charge is 0.464 e. The van der Waals surface area contributed by atoms with Crippen LogP contribution in [0.1, 0.15) is 49.7 Å². The van der Waals surface area contributed by atoms with Crippen LogP contribution in [0.25, 0.3) is 0 Å². The molecule has 2 aromatic heterocycles. The first kappa shape index (κ1) is 15.3. The van der Waals surface area contributed by atoms with E-state index in [2.05, 4.69) is 41.8 Å². The lowest BCUT2D eigenvalue weighted by molar-refractivity contribution is 0.429. The Morgan fingerprint density at radius 2 is 2.05 bits per heavy atom. The van der Waals surface area contributed by atoms with Gasteiger partial charge < -0.3 is 10.2 Å². The summed E-state index contributed by atoms with van der Waals surface area (Å²) in [5.74, 6) is 1.82. The molecule has 2 N–H and O–H groups in total. The first-order valence-electron chi connectivity index (χ1n) is 7.18. The van der Waals surface area contributed by atoms with Crippen molar-refractivity contribution in [2.24, 2.45) is 5.73 Å². The second kappa shape index (κ2) is 6.59. The van der Waals surface area contributed by atoms with Crippen molar-refractivity contribution < 1.29 is 4.42 Å². The van der Waals surface area contributed by atoms with Crippen LogP contribution in [0, 0.1) is 0 Å². The summed E-state index contributed by atoms with van der Waals surface area (Å²) < 4.78 is 8.85. The van der Waals surface area contributed by atoms with Gasteiger partial charge in [0.15, 0.2) is 0 Å². The predicted molar refractivity (Wildman–Crippen MR) is 83.7 cm³/mol. The van der Waals surface area contributed by atoms with Gasteiger partial charge >= 0.3 is 0 Å². The molecular weight excluding hydrogens is 318 g/mol. The molecular formula is C15H22BrN3O. The molecule has 0 aromatic carbocycles. The maximum absolute atomic E-state index is 6.28. The van der Waals surface area contributed by atoms with E-state index in [9.17, 15) is 0 Å². The highest BCUT2D eigenvalue weighted by Gasteiger charge is 2.19. The maximum Gasteiger partial charge on any atom is 0.121 e. The molecule has 0 fully saturated rings. The molecule has 0 radical (unpaired) electrons. The van der Waals surface area contributed by atoms with Gasteiger partial charge in [-0.1, -0.05) is 13.8 Å². The molecule has 20 heavy (non-hydrogen) atoms. The molecule has 0 aliphatic carbocycles. The van der Waals surface area contributed by atoms with Crippen LogP contribution in [0.15, 0.2) is 21.0 Å². The molecule has 0 saturated carbocycles. The van der Waals surface area contributed by atoms with E-state index in [4.69, 9.17) is 10.2 Å². The minimum Gasteiger partial charge on any atom is -0.464 e. The summed E-state index contributed by atoms with van der Waals surface area (Å²) in [6, 6.07) is 3.84. The van der Waals surface area contributed by atoms with Gasteiger partial charge in [0.1, 0.15) is 11.5 Å². The third-order valence-corrected chi connectivity index (χ3v) is 4.42. The Morgan fingerprint density at radius 1 is 1.30 bits per heavy atom. The second-order valence-corrected chi connectivity index (χ2v) is 5.64. The van der Waals surface area contributed by atoms with Crippen molar-refractivity contribution in [3.63, 3.8) is 0 Å². The molecule has 4 nitrogen and oxygen atoms in total. The van der Waals surface area contributed by atoms with Crippen molar-refractivity contribution >= 4 is 15.9 Å². The van der Waals surface area contributed by atoms with E-state index in [0.29, 0.717) is 0 Å². The molecule has 1 unspecified atom stereocenters. The van der Waals surface area contributed by atoms with Crippen LogP contribution < -0.4 is 5.73 Å². The van der Waals surface area contributed by atoms with E-state index in [1.807, 2.05) is 16.8 Å². The molecule has 110 valence electrons. The van der Waals surface area contributed by atoms with Crippen LogP contribution in [0.2, 0.25) is 0 Å². The summed E-state index contributed by atoms with van der Waals surface area (Å²) >= 11 is 3.65. The quantitative estimate of drug-likeness (QED) is 0.874. The average molecular weight is 340 g/mol. The molecule has 0 amide bonds. The average Bonchev–Trinajstić information content (AvgIpc) is 3.05. The lowest BCUT2D eigenvalue weighted by atomic mass is 10.1. The lowest BCUT2D eigenvalue weighted by Gasteiger charge is -2.11. The Bertz CT molecular complexity index is 574. The summed E-state index contributed by atoms with van der Waals surface area (Å²) in [7, 11) is 0. The van der Waals surface area contributed by atoms with E-state index in [1.165, 1.54) is 0 Å². The topological polar surface area (TPSA) is 57.0 Å². The normalized spacial score (nSPS) is 12.8. The third kappa shape index (κ3) is 2.99. The van der Waals surface area contributed by atoms with Gasteiger partial charge in [-0.25, -0.2) is 0 Å². The molecule has 0 saturated heterocycles. The maximum atomic E-state index is 6.28. The number of aromatic nitrogens is 2. The number of aryl methyl sites for hydroxylation is 3. The summed E-state index contributed by atoms with van der Waals surface area (Å²) in [6.07, 6.45) is 2.53. The zero-order valence-electron chi connectivity index (χ0n) is 12.3. The van der Waals surface area contributed by atoms with Gasteiger partial charge in [-0.2, -0.15) is 5.10 Å². The van der Waals surface area contributed by atoms with Gasteiger partial charge in [-0.05, 0) is 41.4 Å². The number of nitrogens with two attached hydrogens (primary N) is 1. The molecule has 1 atom stereocenters. The third-order valence-electron chi connectivity index (χ3n) is 3.50. The number of furan rings is 1. The minimum absolute atomic E-state index is 0.140. The Morgan fingerprint density at radius 3 is 2.60 bits per heavy atom. The van der Waals surface area contributed by atoms with Crippen molar-refractivity contribution in [1.29, 1.82) is 0 Å². The zero-order valence-corrected chi connectivity index (χ0v) is 13.9. The summed E-state index contributed by atoms with van der Waals surface area (Å²) in [5.41, 5.74) is 8.51. The van der Waals surface area contributed by atoms with Crippen LogP contribution in [-0.4, -0.2) is 9.78 Å². The molecule has 0 aliphatic rings. The number of rotatable bonds is 6. The Balaban J connectivity index is 2.22. The SMILES string of the molecule is CCc1ccc(C(N)Cc2c(Br)c(CC)nn2CC)o1. The highest BCUT2D eigenvalue weighted by molar-refractivity contribution is 9.10. The number of hydrogen-bond donors (Lipinski definition) is 1. The van der Waals surface area contributed by atoms with Crippen LogP contribution in [0.3, 0.4) is 0 Å². The van der Waals surface area contributed by atoms with Crippen LogP contribution in [0.4, 0.5) is 0 Å². The van der Waals surface area contributed by atoms with E-state index in [-0.39, 0.29) is 6.04 Å². The van der Waals surface area contributed by atoms with Gasteiger partial charge in [-0.3, -0.25) is 4.68 Å². The van der Waals surface area contributed by atoms with Crippen molar-refractivity contribution in [2.75, 3.05) is 0 Å². The number of hydrogen-bond acceptors (Lipinski definition) is 3. The van der Waals surface area contributed by atoms with Crippen molar-refractivity contribution in [2.45, 2.75) is 52.6 Å². The first-order valence-corrected chi connectivity index (χ1v) is 7.98. The van der Waals surface area contributed by atoms with Crippen LogP contribution in [-0.2, 0) is 25.8 Å². The molecule has 2 aromatic rings. The molecule has 2 heterocycles. The van der Waals surface area contributed by atoms with E-state index >= 15 is 0 Å². The Hall–Kier alpha value is -1.07. The first-order chi connectivity index (χ1) is 9.60. The fraction of sp³-hybridized carbons (Fsp3) is 0.533. The van der Waals surface area contributed by atoms with Crippen molar-refractivity contribution in [1.82, 2.24) is 9.78 Å². The highest BCUT2D eigenvalue weighted by Crippen LogP contribution is 2.27. The number of nitrogens with zero attached hydrogens (tertiary/aromatic N) is 2. The van der Waals surface area contributed by atoms with Crippen LogP contribution >= 0.6 is 15.9 Å². The van der Waals surface area contributed by atoms with Gasteiger partial charge in [0.25, 0.3) is 0 Å². The van der Waals surface area contributed by atoms with E-state index in [1.54, 1.807) is 0 Å². The van der Waals surface area contributed by atoms with Crippen molar-refractivity contribution in [3.05, 3.63) is 39.5 Å². The van der Waals surface area contributed by atoms with Gasteiger partial charge in [0.2, 0.25) is 0 Å². The highest BCUT2D eigenvalue weighted by atomic mass is 79.9. The molecule has 0 aliphatic heterocycles. The fourth-order valence-corrected chi connectivity index (χ4v) is 3.03. The zero-order chi connectivity index (χ0) is 14.7. The molecule has 0 spiro atoms. The van der Waals surface area contributed by atoms with Crippen LogP contribution in [0.5, 0.6) is 0 Å². The summed E-state index contributed by atoms with van der Waals surface area (Å²) in [5, 5.41) is 4.60. The Kier molecular flexibility index (Phi) is 5.05. The van der Waals surface area contributed by atoms with Gasteiger partial charge in [0, 0.05) is 19.4 Å². The standard InChI is InChI=1S/C15H22BrN3O/c1-4-10-7-8-14(20-10)11(17)9-13-15(16)12(5-2)18-19(13)6-3/h7-8,11H,4-6,9,17H2,1-3H3. The minimum atomic E-state index is -0.140. The monoisotopic (exact) mass is 339 g/mol. The Labute approximate surface area is 128 Å². The summed E-state index contributed by atoms with van der Waals surface area (Å²) in [6.45, 7) is 7.12. The molecule has 5 heteroatoms. The summed E-state index contributed by atoms with van der Waals surface area (Å²) in [4.78, 5) is 0. The predicted octanol–water partition coefficient (Wildman–Crippen LogP) is 3.63. The second-order valence-electron chi connectivity index (χ2n) is 4.84. The van der Waals surface area contributed by atoms with E-state index in [0.717, 1.165) is 53.2 Å². The molecule has 2 rings (SSSR count). The van der Waals surface area contributed by atoms with E-state index < -0.39 is 0 Å². The fourth-order valence-electron chi connectivity index (χ4n) is 2.30. The van der Waals surface area contributed by atoms with Gasteiger partial charge in [-0.15, -0.1) is 0 Å². The number of halogens is 1. The lowest BCUT2D eigenvalue weighted by Crippen LogP contribution is -2.15. The smallest absolute Gasteiger partial charge is 0.121 e. The molecule has 0 bridgehead atoms. The van der Waals surface area contributed by atoms with Gasteiger partial charge in [0.05, 0.1) is 21.9 Å². The van der Waals surface area contributed by atoms with Crippen molar-refractivity contribution in [3.8, 4) is 0 Å².